The Hall–Kier alpha value is -1.94. The number of hydrogen-bond acceptors (Lipinski definition) is 3. The van der Waals surface area contributed by atoms with E-state index in [1.807, 2.05) is 30.5 Å². The van der Waals surface area contributed by atoms with Crippen LogP contribution in [0, 0.1) is 6.92 Å². The zero-order valence-corrected chi connectivity index (χ0v) is 10.2. The summed E-state index contributed by atoms with van der Waals surface area (Å²) in [5.41, 5.74) is 1.07. The van der Waals surface area contributed by atoms with E-state index < -0.39 is 0 Å². The van der Waals surface area contributed by atoms with Crippen molar-refractivity contribution in [1.82, 2.24) is 4.98 Å². The van der Waals surface area contributed by atoms with Gasteiger partial charge in [-0.2, -0.15) is 0 Å². The van der Waals surface area contributed by atoms with Crippen LogP contribution in [-0.2, 0) is 4.79 Å². The molecule has 0 atom stereocenters. The van der Waals surface area contributed by atoms with E-state index in [0.717, 1.165) is 10.4 Å². The van der Waals surface area contributed by atoms with Crippen LogP contribution in [0.1, 0.15) is 10.4 Å². The number of thiophene rings is 1. The van der Waals surface area contributed by atoms with E-state index >= 15 is 0 Å². The van der Waals surface area contributed by atoms with Crippen LogP contribution in [0.25, 0.3) is 6.08 Å². The number of carbonyl (C=O) groups is 1. The number of aromatic nitrogens is 1. The third kappa shape index (κ3) is 3.53. The number of aryl methyl sites for hydroxylation is 1. The quantitative estimate of drug-likeness (QED) is 0.843. The van der Waals surface area contributed by atoms with Gasteiger partial charge in [0.2, 0.25) is 5.91 Å². The summed E-state index contributed by atoms with van der Waals surface area (Å²) in [7, 11) is 0. The molecule has 86 valence electrons. The molecule has 0 fully saturated rings. The van der Waals surface area contributed by atoms with Crippen LogP contribution >= 0.6 is 11.3 Å². The predicted octanol–water partition coefficient (Wildman–Crippen LogP) is 3.10. The normalized spacial score (nSPS) is 10.6. The molecule has 1 N–H and O–H groups in total. The third-order valence-electron chi connectivity index (χ3n) is 2.10. The first kappa shape index (κ1) is 11.5. The van der Waals surface area contributed by atoms with E-state index in [4.69, 9.17) is 0 Å². The Morgan fingerprint density at radius 1 is 1.41 bits per heavy atom. The number of rotatable bonds is 3. The molecule has 2 rings (SSSR count). The van der Waals surface area contributed by atoms with E-state index in [1.54, 1.807) is 29.7 Å². The minimum Gasteiger partial charge on any atom is -0.307 e. The van der Waals surface area contributed by atoms with Gasteiger partial charge in [-0.05, 0) is 36.1 Å². The van der Waals surface area contributed by atoms with Crippen molar-refractivity contribution in [1.29, 1.82) is 0 Å². The van der Waals surface area contributed by atoms with Gasteiger partial charge in [0.05, 0.1) is 0 Å². The fraction of sp³-hybridized carbons (Fsp3) is 0.0769. The minimum atomic E-state index is -0.172. The van der Waals surface area contributed by atoms with Crippen molar-refractivity contribution < 1.29 is 4.79 Å². The largest absolute Gasteiger partial charge is 0.307 e. The van der Waals surface area contributed by atoms with E-state index in [-0.39, 0.29) is 5.91 Å². The SMILES string of the molecule is Cc1ccc(NC(=O)/C=C/c2cccs2)nc1. The predicted molar refractivity (Wildman–Crippen MR) is 71.0 cm³/mol. The Labute approximate surface area is 104 Å². The summed E-state index contributed by atoms with van der Waals surface area (Å²) >= 11 is 1.59. The highest BCUT2D eigenvalue weighted by Crippen LogP contribution is 2.10. The van der Waals surface area contributed by atoms with Crippen molar-refractivity contribution >= 4 is 29.1 Å². The molecule has 17 heavy (non-hydrogen) atoms. The number of amides is 1. The summed E-state index contributed by atoms with van der Waals surface area (Å²) in [6, 6.07) is 7.60. The van der Waals surface area contributed by atoms with Crippen LogP contribution in [0.5, 0.6) is 0 Å². The van der Waals surface area contributed by atoms with Crippen molar-refractivity contribution in [2.45, 2.75) is 6.92 Å². The van der Waals surface area contributed by atoms with Gasteiger partial charge in [0.15, 0.2) is 0 Å². The summed E-state index contributed by atoms with van der Waals surface area (Å²) in [4.78, 5) is 16.7. The van der Waals surface area contributed by atoms with Crippen LogP contribution in [0.15, 0.2) is 41.9 Å². The van der Waals surface area contributed by atoms with Gasteiger partial charge in [-0.1, -0.05) is 12.1 Å². The first-order valence-electron chi connectivity index (χ1n) is 5.19. The lowest BCUT2D eigenvalue weighted by molar-refractivity contribution is -0.111. The monoisotopic (exact) mass is 244 g/mol. The van der Waals surface area contributed by atoms with Crippen LogP contribution < -0.4 is 5.32 Å². The second-order valence-electron chi connectivity index (χ2n) is 3.56. The molecule has 0 saturated heterocycles. The molecular formula is C13H12N2OS. The Bertz CT molecular complexity index is 515. The highest BCUT2D eigenvalue weighted by molar-refractivity contribution is 7.10. The molecule has 0 unspecified atom stereocenters. The van der Waals surface area contributed by atoms with Crippen molar-refractivity contribution in [3.05, 3.63) is 52.4 Å². The Balaban J connectivity index is 1.95. The molecular weight excluding hydrogens is 232 g/mol. The molecule has 4 heteroatoms. The minimum absolute atomic E-state index is 0.172. The second kappa shape index (κ2) is 5.41. The van der Waals surface area contributed by atoms with Gasteiger partial charge in [-0.3, -0.25) is 4.79 Å². The number of nitrogens with zero attached hydrogens (tertiary/aromatic N) is 1. The Morgan fingerprint density at radius 2 is 2.29 bits per heavy atom. The lowest BCUT2D eigenvalue weighted by atomic mass is 10.3. The maximum Gasteiger partial charge on any atom is 0.249 e. The zero-order valence-electron chi connectivity index (χ0n) is 9.38. The van der Waals surface area contributed by atoms with Gasteiger partial charge in [0.25, 0.3) is 0 Å². The highest BCUT2D eigenvalue weighted by Gasteiger charge is 1.98. The second-order valence-corrected chi connectivity index (χ2v) is 4.54. The average Bonchev–Trinajstić information content (AvgIpc) is 2.83. The molecule has 0 aliphatic carbocycles. The Kier molecular flexibility index (Phi) is 3.67. The van der Waals surface area contributed by atoms with Gasteiger partial charge < -0.3 is 5.32 Å². The van der Waals surface area contributed by atoms with E-state index in [0.29, 0.717) is 5.82 Å². The molecule has 2 heterocycles. The van der Waals surface area contributed by atoms with Crippen LogP contribution in [0.4, 0.5) is 5.82 Å². The van der Waals surface area contributed by atoms with Crippen molar-refractivity contribution in [3.8, 4) is 0 Å². The number of pyridine rings is 1. The van der Waals surface area contributed by atoms with Crippen molar-refractivity contribution in [2.24, 2.45) is 0 Å². The average molecular weight is 244 g/mol. The van der Waals surface area contributed by atoms with Crippen LogP contribution in [0.3, 0.4) is 0 Å². The Morgan fingerprint density at radius 3 is 2.94 bits per heavy atom. The first-order valence-corrected chi connectivity index (χ1v) is 6.07. The fourth-order valence-electron chi connectivity index (χ4n) is 1.25. The maximum absolute atomic E-state index is 11.6. The van der Waals surface area contributed by atoms with E-state index in [1.165, 1.54) is 6.08 Å². The zero-order chi connectivity index (χ0) is 12.1. The first-order chi connectivity index (χ1) is 8.24. The molecule has 0 saturated carbocycles. The fourth-order valence-corrected chi connectivity index (χ4v) is 1.87. The smallest absolute Gasteiger partial charge is 0.249 e. The lowest BCUT2D eigenvalue weighted by Gasteiger charge is -2.00. The van der Waals surface area contributed by atoms with Crippen LogP contribution in [0.2, 0.25) is 0 Å². The molecule has 0 radical (unpaired) electrons. The molecule has 2 aromatic heterocycles. The number of anilines is 1. The van der Waals surface area contributed by atoms with Gasteiger partial charge >= 0.3 is 0 Å². The van der Waals surface area contributed by atoms with Gasteiger partial charge in [-0.15, -0.1) is 11.3 Å². The molecule has 3 nitrogen and oxygen atoms in total. The molecule has 0 spiro atoms. The number of nitrogens with one attached hydrogen (secondary N) is 1. The maximum atomic E-state index is 11.6. The van der Waals surface area contributed by atoms with Crippen molar-refractivity contribution in [3.63, 3.8) is 0 Å². The molecule has 1 amide bonds. The molecule has 0 aliphatic rings. The summed E-state index contributed by atoms with van der Waals surface area (Å²) in [6.45, 7) is 1.95. The molecule has 0 aliphatic heterocycles. The topological polar surface area (TPSA) is 42.0 Å². The number of hydrogen-bond donors (Lipinski definition) is 1. The molecule has 0 aromatic carbocycles. The molecule has 2 aromatic rings. The number of carbonyl (C=O) groups excluding carboxylic acids is 1. The summed E-state index contributed by atoms with van der Waals surface area (Å²) < 4.78 is 0. The summed E-state index contributed by atoms with van der Waals surface area (Å²) in [6.07, 6.45) is 5.01. The van der Waals surface area contributed by atoms with Gasteiger partial charge in [0.1, 0.15) is 5.82 Å². The third-order valence-corrected chi connectivity index (χ3v) is 2.94. The highest BCUT2D eigenvalue weighted by atomic mass is 32.1. The van der Waals surface area contributed by atoms with Crippen molar-refractivity contribution in [2.75, 3.05) is 5.32 Å². The summed E-state index contributed by atoms with van der Waals surface area (Å²) in [5, 5.41) is 4.67. The van der Waals surface area contributed by atoms with Gasteiger partial charge in [-0.25, -0.2) is 4.98 Å². The molecule has 0 bridgehead atoms. The van der Waals surface area contributed by atoms with E-state index in [2.05, 4.69) is 10.3 Å². The van der Waals surface area contributed by atoms with Crippen LogP contribution in [-0.4, -0.2) is 10.9 Å². The summed E-state index contributed by atoms with van der Waals surface area (Å²) in [5.74, 6) is 0.395. The lowest BCUT2D eigenvalue weighted by Crippen LogP contribution is -2.08. The van der Waals surface area contributed by atoms with E-state index in [9.17, 15) is 4.79 Å². The standard InChI is InChI=1S/C13H12N2OS/c1-10-4-6-12(14-9-10)15-13(16)7-5-11-3-2-8-17-11/h2-9H,1H3,(H,14,15,16)/b7-5+. The van der Waals surface area contributed by atoms with Gasteiger partial charge in [0, 0.05) is 17.2 Å².